The molecule has 0 saturated heterocycles. The highest BCUT2D eigenvalue weighted by Crippen LogP contribution is 2.18. The first-order chi connectivity index (χ1) is 7.65. The average Bonchev–Trinajstić information content (AvgIpc) is 2.59. The first-order valence-electron chi connectivity index (χ1n) is 5.42. The number of nitrogens with one attached hydrogen (secondary N) is 2. The number of aliphatic imine (C=N–C) groups is 2. The van der Waals surface area contributed by atoms with E-state index < -0.39 is 0 Å². The van der Waals surface area contributed by atoms with Crippen LogP contribution in [0.1, 0.15) is 20.3 Å². The fourth-order valence-corrected chi connectivity index (χ4v) is 1.74. The van der Waals surface area contributed by atoms with Gasteiger partial charge >= 0.3 is 0 Å². The Morgan fingerprint density at radius 3 is 3.00 bits per heavy atom. The molecule has 1 aliphatic heterocycles. The summed E-state index contributed by atoms with van der Waals surface area (Å²) in [5, 5.41) is 6.02. The number of hydrogen-bond donors (Lipinski definition) is 3. The number of rotatable bonds is 2. The van der Waals surface area contributed by atoms with Crippen LogP contribution in [0.3, 0.4) is 0 Å². The van der Waals surface area contributed by atoms with Crippen molar-refractivity contribution in [2.45, 2.75) is 26.4 Å². The van der Waals surface area contributed by atoms with Gasteiger partial charge in [0.05, 0.1) is 6.54 Å². The average molecular weight is 219 g/mol. The molecule has 0 aromatic rings. The summed E-state index contributed by atoms with van der Waals surface area (Å²) in [4.78, 5) is 8.53. The van der Waals surface area contributed by atoms with Gasteiger partial charge in [0.25, 0.3) is 0 Å². The highest BCUT2D eigenvalue weighted by atomic mass is 15.3. The molecule has 0 aromatic heterocycles. The molecule has 2 aliphatic rings. The van der Waals surface area contributed by atoms with Gasteiger partial charge in [0.2, 0.25) is 0 Å². The van der Waals surface area contributed by atoms with Crippen LogP contribution in [-0.4, -0.2) is 24.6 Å². The first kappa shape index (κ1) is 10.7. The third kappa shape index (κ3) is 2.42. The van der Waals surface area contributed by atoms with Gasteiger partial charge in [-0.1, -0.05) is 17.7 Å². The molecule has 16 heavy (non-hydrogen) atoms. The standard InChI is InChI=1S/C11H17N5/c1-7-4-3-5-9(7)6-13-11-15-8(2)14-10(12)16-11/h4-5,8H,3,6H2,1-2H3,(H4,12,13,14,15,16). The van der Waals surface area contributed by atoms with E-state index in [1.54, 1.807) is 0 Å². The molecule has 1 atom stereocenters. The zero-order valence-corrected chi connectivity index (χ0v) is 9.62. The third-order valence-corrected chi connectivity index (χ3v) is 2.63. The molecule has 1 unspecified atom stereocenters. The minimum Gasteiger partial charge on any atom is -0.370 e. The van der Waals surface area contributed by atoms with E-state index in [0.717, 1.165) is 6.42 Å². The quantitative estimate of drug-likeness (QED) is 0.632. The Balaban J connectivity index is 1.99. The monoisotopic (exact) mass is 219 g/mol. The fraction of sp³-hybridized carbons (Fsp3) is 0.455. The summed E-state index contributed by atoms with van der Waals surface area (Å²) < 4.78 is 0. The van der Waals surface area contributed by atoms with Crippen molar-refractivity contribution in [2.24, 2.45) is 15.7 Å². The van der Waals surface area contributed by atoms with Crippen molar-refractivity contribution in [1.29, 1.82) is 0 Å². The molecule has 0 fully saturated rings. The topological polar surface area (TPSA) is 74.8 Å². The summed E-state index contributed by atoms with van der Waals surface area (Å²) in [6.45, 7) is 4.72. The molecule has 0 aromatic carbocycles. The molecule has 0 amide bonds. The van der Waals surface area contributed by atoms with Crippen LogP contribution >= 0.6 is 0 Å². The molecular weight excluding hydrogens is 202 g/mol. The van der Waals surface area contributed by atoms with Gasteiger partial charge in [-0.05, 0) is 25.8 Å². The maximum Gasteiger partial charge on any atom is 0.200 e. The van der Waals surface area contributed by atoms with Crippen LogP contribution in [0.4, 0.5) is 0 Å². The molecule has 86 valence electrons. The van der Waals surface area contributed by atoms with Crippen LogP contribution in [0.15, 0.2) is 33.3 Å². The summed E-state index contributed by atoms with van der Waals surface area (Å²) in [6.07, 6.45) is 5.40. The summed E-state index contributed by atoms with van der Waals surface area (Å²) in [5.41, 5.74) is 8.22. The van der Waals surface area contributed by atoms with E-state index in [0.29, 0.717) is 18.5 Å². The van der Waals surface area contributed by atoms with E-state index >= 15 is 0 Å². The molecule has 5 nitrogen and oxygen atoms in total. The van der Waals surface area contributed by atoms with Crippen LogP contribution in [0.2, 0.25) is 0 Å². The molecular formula is C11H17N5. The molecule has 0 saturated carbocycles. The number of hydrogen-bond acceptors (Lipinski definition) is 3. The van der Waals surface area contributed by atoms with E-state index in [9.17, 15) is 0 Å². The van der Waals surface area contributed by atoms with Crippen LogP contribution < -0.4 is 16.4 Å². The Bertz CT molecular complexity index is 403. The molecule has 2 rings (SSSR count). The Morgan fingerprint density at radius 1 is 1.56 bits per heavy atom. The normalized spacial score (nSPS) is 26.8. The number of guanidine groups is 2. The number of allylic oxidation sites excluding steroid dienone is 2. The molecule has 0 radical (unpaired) electrons. The third-order valence-electron chi connectivity index (χ3n) is 2.63. The maximum atomic E-state index is 5.62. The van der Waals surface area contributed by atoms with E-state index in [1.807, 2.05) is 6.92 Å². The van der Waals surface area contributed by atoms with Crippen molar-refractivity contribution in [3.05, 3.63) is 23.3 Å². The Labute approximate surface area is 95.2 Å². The van der Waals surface area contributed by atoms with Crippen molar-refractivity contribution >= 4 is 11.9 Å². The van der Waals surface area contributed by atoms with E-state index in [-0.39, 0.29) is 6.17 Å². The molecule has 1 heterocycles. The zero-order chi connectivity index (χ0) is 11.5. The minimum atomic E-state index is -0.0193. The smallest absolute Gasteiger partial charge is 0.200 e. The van der Waals surface area contributed by atoms with Crippen molar-refractivity contribution in [3.63, 3.8) is 0 Å². The summed E-state index contributed by atoms with van der Waals surface area (Å²) in [6, 6.07) is 0. The van der Waals surface area contributed by atoms with Gasteiger partial charge in [-0.3, -0.25) is 5.32 Å². The molecule has 4 N–H and O–H groups in total. The fourth-order valence-electron chi connectivity index (χ4n) is 1.74. The van der Waals surface area contributed by atoms with E-state index in [2.05, 4.69) is 39.7 Å². The highest BCUT2D eigenvalue weighted by molar-refractivity contribution is 5.99. The lowest BCUT2D eigenvalue weighted by atomic mass is 10.2. The SMILES string of the molecule is CC1=CCC=C1CN=C1NC(N)=NC(C)N1. The van der Waals surface area contributed by atoms with Crippen molar-refractivity contribution in [2.75, 3.05) is 6.54 Å². The number of nitrogens with zero attached hydrogens (tertiary/aromatic N) is 2. The largest absolute Gasteiger partial charge is 0.370 e. The molecule has 0 bridgehead atoms. The van der Waals surface area contributed by atoms with Crippen LogP contribution in [0.5, 0.6) is 0 Å². The minimum absolute atomic E-state index is 0.0193. The highest BCUT2D eigenvalue weighted by Gasteiger charge is 2.12. The van der Waals surface area contributed by atoms with Gasteiger partial charge in [-0.25, -0.2) is 9.98 Å². The van der Waals surface area contributed by atoms with Crippen molar-refractivity contribution in [1.82, 2.24) is 10.6 Å². The van der Waals surface area contributed by atoms with Crippen LogP contribution in [0, 0.1) is 0 Å². The maximum absolute atomic E-state index is 5.62. The van der Waals surface area contributed by atoms with Crippen molar-refractivity contribution in [3.8, 4) is 0 Å². The van der Waals surface area contributed by atoms with E-state index in [4.69, 9.17) is 5.73 Å². The predicted octanol–water partition coefficient (Wildman–Crippen LogP) is 0.472. The second kappa shape index (κ2) is 4.38. The first-order valence-corrected chi connectivity index (χ1v) is 5.42. The summed E-state index contributed by atoms with van der Waals surface area (Å²) in [7, 11) is 0. The summed E-state index contributed by atoms with van der Waals surface area (Å²) >= 11 is 0. The second-order valence-electron chi connectivity index (χ2n) is 3.98. The number of nitrogens with two attached hydrogens (primary N) is 1. The Kier molecular flexibility index (Phi) is 2.94. The Morgan fingerprint density at radius 2 is 2.38 bits per heavy atom. The van der Waals surface area contributed by atoms with Crippen LogP contribution in [0.25, 0.3) is 0 Å². The molecule has 1 aliphatic carbocycles. The van der Waals surface area contributed by atoms with Gasteiger partial charge in [0.1, 0.15) is 6.17 Å². The van der Waals surface area contributed by atoms with Gasteiger partial charge in [-0.2, -0.15) is 0 Å². The lowest BCUT2D eigenvalue weighted by Crippen LogP contribution is -2.52. The van der Waals surface area contributed by atoms with Gasteiger partial charge in [-0.15, -0.1) is 0 Å². The lowest BCUT2D eigenvalue weighted by molar-refractivity contribution is 0.665. The lowest BCUT2D eigenvalue weighted by Gasteiger charge is -2.20. The zero-order valence-electron chi connectivity index (χ0n) is 9.62. The Hall–Kier alpha value is -1.78. The predicted molar refractivity (Wildman–Crippen MR) is 66.1 cm³/mol. The van der Waals surface area contributed by atoms with Gasteiger partial charge < -0.3 is 11.1 Å². The van der Waals surface area contributed by atoms with Gasteiger partial charge in [0.15, 0.2) is 11.9 Å². The molecule has 5 heteroatoms. The second-order valence-corrected chi connectivity index (χ2v) is 3.98. The van der Waals surface area contributed by atoms with Gasteiger partial charge in [0, 0.05) is 0 Å². The van der Waals surface area contributed by atoms with E-state index in [1.165, 1.54) is 11.1 Å². The summed E-state index contributed by atoms with van der Waals surface area (Å²) in [5.74, 6) is 1.11. The molecule has 0 spiro atoms. The van der Waals surface area contributed by atoms with Crippen molar-refractivity contribution < 1.29 is 0 Å². The van der Waals surface area contributed by atoms with Crippen LogP contribution in [-0.2, 0) is 0 Å².